The molecule has 2 amide bonds. The highest BCUT2D eigenvalue weighted by Gasteiger charge is 2.54. The third-order valence-corrected chi connectivity index (χ3v) is 8.30. The SMILES string of the molecule is COc1ccc(CN2C(=O)c3c(c(-c4c(C(N)=O)cc(F)cc4C(F)(F)F)cc4c(OC)n[nH]c34)C2(O)c2cc(F)ccc2Cl)cc1. The van der Waals surface area contributed by atoms with Crippen molar-refractivity contribution in [3.8, 4) is 22.8 Å². The van der Waals surface area contributed by atoms with Gasteiger partial charge in [0.25, 0.3) is 5.91 Å². The van der Waals surface area contributed by atoms with Crippen LogP contribution in [0.3, 0.4) is 0 Å². The normalized spacial score (nSPS) is 16.1. The van der Waals surface area contributed by atoms with Crippen molar-refractivity contribution in [1.29, 1.82) is 0 Å². The quantitative estimate of drug-likeness (QED) is 0.178. The summed E-state index contributed by atoms with van der Waals surface area (Å²) in [6.45, 7) is -0.384. The minimum absolute atomic E-state index is 0.0264. The van der Waals surface area contributed by atoms with Crippen molar-refractivity contribution < 1.29 is 46.1 Å². The fourth-order valence-corrected chi connectivity index (χ4v) is 6.19. The molecule has 0 aliphatic carbocycles. The highest BCUT2D eigenvalue weighted by atomic mass is 35.5. The number of fused-ring (bicyclic) bond motifs is 3. The lowest BCUT2D eigenvalue weighted by Crippen LogP contribution is -2.44. The second-order valence-corrected chi connectivity index (χ2v) is 11.0. The zero-order valence-electron chi connectivity index (χ0n) is 24.3. The largest absolute Gasteiger partial charge is 0.497 e. The molecule has 2 heterocycles. The van der Waals surface area contributed by atoms with Crippen LogP contribution in [0.5, 0.6) is 11.6 Å². The Balaban J connectivity index is 1.80. The van der Waals surface area contributed by atoms with E-state index in [4.69, 9.17) is 26.8 Å². The third-order valence-electron chi connectivity index (χ3n) is 7.97. The van der Waals surface area contributed by atoms with Gasteiger partial charge in [-0.25, -0.2) is 8.78 Å². The summed E-state index contributed by atoms with van der Waals surface area (Å²) in [5.41, 5.74) is -2.33. The van der Waals surface area contributed by atoms with Gasteiger partial charge in [0.2, 0.25) is 11.8 Å². The van der Waals surface area contributed by atoms with E-state index in [1.807, 2.05) is 0 Å². The Kier molecular flexibility index (Phi) is 7.60. The molecule has 1 aromatic heterocycles. The average molecular weight is 673 g/mol. The lowest BCUT2D eigenvalue weighted by Gasteiger charge is -2.36. The van der Waals surface area contributed by atoms with Crippen molar-refractivity contribution in [2.45, 2.75) is 18.4 Å². The van der Waals surface area contributed by atoms with Gasteiger partial charge in [0.1, 0.15) is 17.4 Å². The fourth-order valence-electron chi connectivity index (χ4n) is 5.94. The van der Waals surface area contributed by atoms with Gasteiger partial charge in [-0.2, -0.15) is 13.2 Å². The van der Waals surface area contributed by atoms with Crippen molar-refractivity contribution >= 4 is 34.3 Å². The smallest absolute Gasteiger partial charge is 0.417 e. The number of rotatable bonds is 7. The lowest BCUT2D eigenvalue weighted by molar-refractivity contribution is -0.137. The van der Waals surface area contributed by atoms with E-state index in [2.05, 4.69) is 10.2 Å². The number of primary amides is 1. The number of carbonyl (C=O) groups excluding carboxylic acids is 2. The number of hydrogen-bond donors (Lipinski definition) is 3. The zero-order chi connectivity index (χ0) is 34.0. The van der Waals surface area contributed by atoms with E-state index >= 15 is 0 Å². The Morgan fingerprint density at radius 1 is 1.02 bits per heavy atom. The van der Waals surface area contributed by atoms with Gasteiger partial charge in [-0.1, -0.05) is 23.7 Å². The molecule has 0 bridgehead atoms. The van der Waals surface area contributed by atoms with Crippen LogP contribution < -0.4 is 15.2 Å². The summed E-state index contributed by atoms with van der Waals surface area (Å²) >= 11 is 6.51. The van der Waals surface area contributed by atoms with Crippen LogP contribution in [0.25, 0.3) is 22.0 Å². The molecule has 1 unspecified atom stereocenters. The summed E-state index contributed by atoms with van der Waals surface area (Å²) in [5.74, 6) is -4.39. The van der Waals surface area contributed by atoms with Crippen LogP contribution in [0.2, 0.25) is 5.02 Å². The standard InChI is InChI=1S/C32H22ClF5N4O5/c1-46-17-6-3-14(4-7-17)13-42-30(44)25-26(31(42,45)21-10-15(34)5-8-23(21)33)18(12-20-27(25)40-41-29(20)47-2)24-19(28(39)43)9-16(35)11-22(24)32(36,37)38/h3-12,45H,13H2,1-2H3,(H2,39,43)(H,40,41). The number of H-pyrrole nitrogens is 1. The molecule has 6 rings (SSSR count). The molecule has 0 saturated carbocycles. The first-order valence-electron chi connectivity index (χ1n) is 13.6. The van der Waals surface area contributed by atoms with E-state index in [9.17, 15) is 36.6 Å². The number of methoxy groups -OCH3 is 2. The van der Waals surface area contributed by atoms with Gasteiger partial charge in [0, 0.05) is 28.3 Å². The predicted octanol–water partition coefficient (Wildman–Crippen LogP) is 6.15. The number of nitrogens with zero attached hydrogens (tertiary/aromatic N) is 2. The van der Waals surface area contributed by atoms with Gasteiger partial charge in [-0.15, -0.1) is 5.10 Å². The summed E-state index contributed by atoms with van der Waals surface area (Å²) in [4.78, 5) is 28.0. The number of halogens is 6. The van der Waals surface area contributed by atoms with E-state index < -0.39 is 74.3 Å². The maximum absolute atomic E-state index is 14.9. The Labute approximate surface area is 267 Å². The molecule has 0 saturated heterocycles. The summed E-state index contributed by atoms with van der Waals surface area (Å²) < 4.78 is 83.9. The molecule has 0 radical (unpaired) electrons. The van der Waals surface area contributed by atoms with Crippen molar-refractivity contribution in [3.63, 3.8) is 0 Å². The maximum Gasteiger partial charge on any atom is 0.417 e. The molecule has 1 aliphatic heterocycles. The second kappa shape index (κ2) is 11.2. The second-order valence-electron chi connectivity index (χ2n) is 10.6. The minimum atomic E-state index is -5.27. The van der Waals surface area contributed by atoms with E-state index in [0.717, 1.165) is 29.2 Å². The summed E-state index contributed by atoms with van der Waals surface area (Å²) in [5, 5.41) is 19.2. The van der Waals surface area contributed by atoms with Crippen LogP contribution in [0.15, 0.2) is 60.7 Å². The van der Waals surface area contributed by atoms with Crippen molar-refractivity contribution in [2.24, 2.45) is 5.73 Å². The fraction of sp³-hybridized carbons (Fsp3) is 0.156. The zero-order valence-corrected chi connectivity index (χ0v) is 25.1. The topological polar surface area (TPSA) is 131 Å². The van der Waals surface area contributed by atoms with E-state index in [0.29, 0.717) is 17.4 Å². The number of alkyl halides is 3. The average Bonchev–Trinajstić information content (AvgIpc) is 3.54. The van der Waals surface area contributed by atoms with Gasteiger partial charge in [0.05, 0.1) is 41.8 Å². The van der Waals surface area contributed by atoms with Crippen molar-refractivity contribution in [3.05, 3.63) is 111 Å². The van der Waals surface area contributed by atoms with Crippen LogP contribution in [0, 0.1) is 11.6 Å². The van der Waals surface area contributed by atoms with Gasteiger partial charge in [-0.05, 0) is 59.7 Å². The predicted molar refractivity (Wildman–Crippen MR) is 159 cm³/mol. The molecule has 4 aromatic carbocycles. The number of carbonyl (C=O) groups is 2. The molecule has 1 atom stereocenters. The third kappa shape index (κ3) is 5.00. The summed E-state index contributed by atoms with van der Waals surface area (Å²) in [6, 6.07) is 11.0. The molecule has 5 aromatic rings. The molecule has 242 valence electrons. The molecule has 9 nitrogen and oxygen atoms in total. The van der Waals surface area contributed by atoms with Crippen LogP contribution >= 0.6 is 11.6 Å². The number of nitrogens with one attached hydrogen (secondary N) is 1. The molecule has 0 spiro atoms. The first-order valence-corrected chi connectivity index (χ1v) is 14.0. The number of aromatic nitrogens is 2. The Morgan fingerprint density at radius 2 is 1.72 bits per heavy atom. The van der Waals surface area contributed by atoms with Crippen molar-refractivity contribution in [1.82, 2.24) is 15.1 Å². The number of benzene rings is 4. The van der Waals surface area contributed by atoms with Crippen LogP contribution in [0.1, 0.15) is 43.0 Å². The monoisotopic (exact) mass is 672 g/mol. The Morgan fingerprint density at radius 3 is 2.34 bits per heavy atom. The van der Waals surface area contributed by atoms with E-state index in [1.165, 1.54) is 14.2 Å². The number of ether oxygens (including phenoxy) is 2. The number of amides is 2. The Hall–Kier alpha value is -5.21. The van der Waals surface area contributed by atoms with Crippen molar-refractivity contribution in [2.75, 3.05) is 14.2 Å². The summed E-state index contributed by atoms with van der Waals surface area (Å²) in [7, 11) is 2.66. The van der Waals surface area contributed by atoms with Crippen LogP contribution in [-0.2, 0) is 18.4 Å². The highest BCUT2D eigenvalue weighted by molar-refractivity contribution is 6.31. The van der Waals surface area contributed by atoms with E-state index in [1.54, 1.807) is 24.3 Å². The molecule has 1 aliphatic rings. The maximum atomic E-state index is 14.9. The van der Waals surface area contributed by atoms with Gasteiger partial charge >= 0.3 is 6.18 Å². The van der Waals surface area contributed by atoms with E-state index in [-0.39, 0.29) is 34.4 Å². The highest BCUT2D eigenvalue weighted by Crippen LogP contribution is 2.54. The first-order chi connectivity index (χ1) is 22.2. The molecular formula is C32H22ClF5N4O5. The van der Waals surface area contributed by atoms with Gasteiger partial charge < -0.3 is 20.3 Å². The molecule has 15 heteroatoms. The molecule has 47 heavy (non-hydrogen) atoms. The summed E-state index contributed by atoms with van der Waals surface area (Å²) in [6.07, 6.45) is -5.27. The lowest BCUT2D eigenvalue weighted by atomic mass is 9.82. The minimum Gasteiger partial charge on any atom is -0.497 e. The molecule has 0 fully saturated rings. The number of aromatic amines is 1. The molecule has 4 N–H and O–H groups in total. The van der Waals surface area contributed by atoms with Crippen LogP contribution in [0.4, 0.5) is 22.0 Å². The first kappa shape index (κ1) is 31.8. The number of nitrogens with two attached hydrogens (primary N) is 1. The molecular weight excluding hydrogens is 651 g/mol. The number of hydrogen-bond acceptors (Lipinski definition) is 6. The van der Waals surface area contributed by atoms with Gasteiger partial charge in [0.15, 0.2) is 5.72 Å². The van der Waals surface area contributed by atoms with Crippen LogP contribution in [-0.4, -0.2) is 46.2 Å². The number of aliphatic hydroxyl groups is 1. The van der Waals surface area contributed by atoms with Gasteiger partial charge in [-0.3, -0.25) is 19.6 Å². The Bertz CT molecular complexity index is 2100.